The normalized spacial score (nSPS) is 15.3. The second-order valence-corrected chi connectivity index (χ2v) is 5.71. The van der Waals surface area contributed by atoms with Crippen LogP contribution in [-0.2, 0) is 13.0 Å². The van der Waals surface area contributed by atoms with Crippen LogP contribution < -0.4 is 0 Å². The van der Waals surface area contributed by atoms with Gasteiger partial charge in [-0.3, -0.25) is 4.79 Å². The summed E-state index contributed by atoms with van der Waals surface area (Å²) in [6.45, 7) is 1.71. The van der Waals surface area contributed by atoms with Gasteiger partial charge in [-0.15, -0.1) is 11.3 Å². The molecule has 0 unspecified atom stereocenters. The third-order valence-corrected chi connectivity index (χ3v) is 4.62. The van der Waals surface area contributed by atoms with Gasteiger partial charge in [0.1, 0.15) is 0 Å². The zero-order valence-electron chi connectivity index (χ0n) is 10.1. The van der Waals surface area contributed by atoms with E-state index in [1.54, 1.807) is 0 Å². The van der Waals surface area contributed by atoms with E-state index >= 15 is 0 Å². The predicted octanol–water partition coefficient (Wildman–Crippen LogP) is 2.57. The highest BCUT2D eigenvalue weighted by atomic mass is 32.1. The highest BCUT2D eigenvalue weighted by molar-refractivity contribution is 7.20. The van der Waals surface area contributed by atoms with E-state index in [1.807, 2.05) is 12.1 Å². The smallest absolute Gasteiger partial charge is 0.160 e. The van der Waals surface area contributed by atoms with Crippen LogP contribution in [0.2, 0.25) is 0 Å². The molecule has 0 radical (unpaired) electrons. The lowest BCUT2D eigenvalue weighted by molar-refractivity contribution is 0.112. The molecule has 0 saturated heterocycles. The van der Waals surface area contributed by atoms with Crippen molar-refractivity contribution >= 4 is 27.7 Å². The van der Waals surface area contributed by atoms with Crippen LogP contribution in [0, 0.1) is 11.3 Å². The van der Waals surface area contributed by atoms with Crippen LogP contribution in [0.1, 0.15) is 26.4 Å². The lowest BCUT2D eigenvalue weighted by atomic mass is 9.99. The maximum Gasteiger partial charge on any atom is 0.160 e. The molecule has 0 N–H and O–H groups in total. The van der Waals surface area contributed by atoms with Crippen LogP contribution in [0.4, 0.5) is 0 Å². The summed E-state index contributed by atoms with van der Waals surface area (Å²) < 4.78 is 1.12. The molecule has 3 nitrogen and oxygen atoms in total. The first kappa shape index (κ1) is 11.4. The summed E-state index contributed by atoms with van der Waals surface area (Å²) in [5, 5.41) is 10.4. The number of nitrogens with zero attached hydrogens (tertiary/aromatic N) is 2. The molecule has 0 atom stereocenters. The Morgan fingerprint density at radius 1 is 1.44 bits per heavy atom. The van der Waals surface area contributed by atoms with Crippen molar-refractivity contribution in [2.24, 2.45) is 0 Å². The monoisotopic (exact) mass is 256 g/mol. The van der Waals surface area contributed by atoms with Gasteiger partial charge in [0.05, 0.1) is 16.5 Å². The Hall–Kier alpha value is -1.70. The van der Waals surface area contributed by atoms with Gasteiger partial charge in [-0.2, -0.15) is 5.26 Å². The second-order valence-electron chi connectivity index (χ2n) is 4.63. The molecule has 0 fully saturated rings. The van der Waals surface area contributed by atoms with E-state index in [9.17, 15) is 10.1 Å². The second kappa shape index (κ2) is 4.20. The summed E-state index contributed by atoms with van der Waals surface area (Å²) in [5.74, 6) is 0. The Morgan fingerprint density at radius 3 is 3.00 bits per heavy atom. The number of likely N-dealkylation sites (N-methyl/N-ethyl adjacent to an activating group) is 1. The molecule has 4 heteroatoms. The number of thiophene rings is 1. The molecule has 1 aliphatic rings. The fourth-order valence-electron chi connectivity index (χ4n) is 2.61. The van der Waals surface area contributed by atoms with E-state index in [1.165, 1.54) is 11.3 Å². The molecular weight excluding hydrogens is 244 g/mol. The first-order chi connectivity index (χ1) is 8.74. The van der Waals surface area contributed by atoms with Crippen LogP contribution in [-0.4, -0.2) is 24.8 Å². The zero-order chi connectivity index (χ0) is 12.7. The molecule has 18 heavy (non-hydrogen) atoms. The molecule has 0 spiro atoms. The third kappa shape index (κ3) is 1.56. The van der Waals surface area contributed by atoms with Gasteiger partial charge in [-0.05, 0) is 36.7 Å². The van der Waals surface area contributed by atoms with Gasteiger partial charge >= 0.3 is 0 Å². The standard InChI is InChI=1S/C14H12N2OS/c1-16-5-4-10-9(6-15)2-3-12-14(10)11(7-16)13(8-17)18-12/h2-3,8H,4-5,7H2,1H3. The lowest BCUT2D eigenvalue weighted by Crippen LogP contribution is -2.19. The molecule has 0 saturated carbocycles. The maximum absolute atomic E-state index is 11.2. The SMILES string of the molecule is CN1CCc2c(C#N)ccc3sc(C=O)c(c23)C1. The van der Waals surface area contributed by atoms with Gasteiger partial charge in [-0.1, -0.05) is 0 Å². The maximum atomic E-state index is 11.2. The van der Waals surface area contributed by atoms with Crippen molar-refractivity contribution in [2.75, 3.05) is 13.6 Å². The summed E-state index contributed by atoms with van der Waals surface area (Å²) >= 11 is 1.53. The van der Waals surface area contributed by atoms with Crippen molar-refractivity contribution in [3.05, 3.63) is 33.7 Å². The average Bonchev–Trinajstić information content (AvgIpc) is 2.63. The van der Waals surface area contributed by atoms with Crippen LogP contribution in [0.15, 0.2) is 12.1 Å². The molecule has 0 amide bonds. The van der Waals surface area contributed by atoms with E-state index in [4.69, 9.17) is 0 Å². The zero-order valence-corrected chi connectivity index (χ0v) is 10.9. The van der Waals surface area contributed by atoms with Gasteiger partial charge < -0.3 is 4.90 Å². The van der Waals surface area contributed by atoms with E-state index in [0.29, 0.717) is 0 Å². The van der Waals surface area contributed by atoms with Gasteiger partial charge in [0.25, 0.3) is 0 Å². The molecule has 1 aromatic carbocycles. The number of carbonyl (C=O) groups excluding carboxylic acids is 1. The topological polar surface area (TPSA) is 44.1 Å². The number of carbonyl (C=O) groups is 1. The number of nitriles is 1. The van der Waals surface area contributed by atoms with Gasteiger partial charge in [0.15, 0.2) is 6.29 Å². The number of benzene rings is 1. The number of hydrogen-bond acceptors (Lipinski definition) is 4. The molecular formula is C14H12N2OS. The van der Waals surface area contributed by atoms with Crippen molar-refractivity contribution in [3.63, 3.8) is 0 Å². The van der Waals surface area contributed by atoms with Crippen molar-refractivity contribution in [3.8, 4) is 6.07 Å². The van der Waals surface area contributed by atoms with Crippen LogP contribution in [0.3, 0.4) is 0 Å². The van der Waals surface area contributed by atoms with E-state index in [2.05, 4.69) is 18.0 Å². The summed E-state index contributed by atoms with van der Waals surface area (Å²) in [4.78, 5) is 14.2. The van der Waals surface area contributed by atoms with Crippen LogP contribution in [0.25, 0.3) is 10.1 Å². The molecule has 1 aliphatic heterocycles. The number of rotatable bonds is 1. The number of hydrogen-bond donors (Lipinski definition) is 0. The summed E-state index contributed by atoms with van der Waals surface area (Å²) in [7, 11) is 2.05. The quantitative estimate of drug-likeness (QED) is 0.737. The molecule has 3 rings (SSSR count). The van der Waals surface area contributed by atoms with Crippen molar-refractivity contribution < 1.29 is 4.79 Å². The fraction of sp³-hybridized carbons (Fsp3) is 0.286. The molecule has 1 aromatic heterocycles. The average molecular weight is 256 g/mol. The van der Waals surface area contributed by atoms with Gasteiger partial charge in [0, 0.05) is 23.2 Å². The molecule has 90 valence electrons. The Bertz CT molecular complexity index is 681. The summed E-state index contributed by atoms with van der Waals surface area (Å²) in [5.41, 5.74) is 2.95. The van der Waals surface area contributed by atoms with Crippen LogP contribution in [0.5, 0.6) is 0 Å². The Morgan fingerprint density at radius 2 is 2.28 bits per heavy atom. The molecule has 0 bridgehead atoms. The fourth-order valence-corrected chi connectivity index (χ4v) is 3.67. The van der Waals surface area contributed by atoms with Crippen LogP contribution >= 0.6 is 11.3 Å². The van der Waals surface area contributed by atoms with Crippen molar-refractivity contribution in [1.29, 1.82) is 5.26 Å². The summed E-state index contributed by atoms with van der Waals surface area (Å²) in [6, 6.07) is 6.10. The predicted molar refractivity (Wildman–Crippen MR) is 72.0 cm³/mol. The molecule has 2 heterocycles. The van der Waals surface area contributed by atoms with Gasteiger partial charge in [0.2, 0.25) is 0 Å². The minimum Gasteiger partial charge on any atom is -0.302 e. The Balaban J connectivity index is 2.41. The molecule has 0 aliphatic carbocycles. The van der Waals surface area contributed by atoms with Crippen molar-refractivity contribution in [2.45, 2.75) is 13.0 Å². The molecule has 2 aromatic rings. The Kier molecular flexibility index (Phi) is 2.66. The van der Waals surface area contributed by atoms with Gasteiger partial charge in [-0.25, -0.2) is 0 Å². The lowest BCUT2D eigenvalue weighted by Gasteiger charge is -2.12. The van der Waals surface area contributed by atoms with E-state index in [0.717, 1.165) is 57.5 Å². The Labute approximate surface area is 109 Å². The third-order valence-electron chi connectivity index (χ3n) is 3.49. The minimum atomic E-state index is 0.745. The number of aldehydes is 1. The van der Waals surface area contributed by atoms with E-state index < -0.39 is 0 Å². The van der Waals surface area contributed by atoms with Crippen molar-refractivity contribution in [1.82, 2.24) is 4.90 Å². The minimum absolute atomic E-state index is 0.745. The highest BCUT2D eigenvalue weighted by Gasteiger charge is 2.21. The van der Waals surface area contributed by atoms with E-state index in [-0.39, 0.29) is 0 Å². The largest absolute Gasteiger partial charge is 0.302 e. The first-order valence-electron chi connectivity index (χ1n) is 5.85. The first-order valence-corrected chi connectivity index (χ1v) is 6.67. The summed E-state index contributed by atoms with van der Waals surface area (Å²) in [6.07, 6.45) is 1.81. The highest BCUT2D eigenvalue weighted by Crippen LogP contribution is 2.36.